The van der Waals surface area contributed by atoms with Crippen molar-refractivity contribution in [1.29, 1.82) is 0 Å². The van der Waals surface area contributed by atoms with Crippen LogP contribution in [0.1, 0.15) is 16.8 Å². The number of hydrogen-bond acceptors (Lipinski definition) is 4. The van der Waals surface area contributed by atoms with E-state index in [0.717, 1.165) is 0 Å². The lowest BCUT2D eigenvalue weighted by atomic mass is 10.1. The zero-order valence-corrected chi connectivity index (χ0v) is 12.4. The maximum Gasteiger partial charge on any atom is 0.287 e. The molecule has 1 amide bonds. The van der Waals surface area contributed by atoms with Gasteiger partial charge in [0.05, 0.1) is 0 Å². The lowest BCUT2D eigenvalue weighted by Gasteiger charge is -2.30. The minimum atomic E-state index is -3.44. The van der Waals surface area contributed by atoms with Crippen molar-refractivity contribution >= 4 is 17.3 Å². The van der Waals surface area contributed by atoms with E-state index in [2.05, 4.69) is 5.10 Å². The Morgan fingerprint density at radius 1 is 1.35 bits per heavy atom. The Morgan fingerprint density at radius 2 is 2.00 bits per heavy atom. The molecule has 0 radical (unpaired) electrons. The number of halogens is 4. The predicted octanol–water partition coefficient (Wildman–Crippen LogP) is 2.17. The number of hydrazone groups is 1. The van der Waals surface area contributed by atoms with E-state index in [4.69, 9.17) is 0 Å². The summed E-state index contributed by atoms with van der Waals surface area (Å²) < 4.78 is 51.7. The Bertz CT molecular complexity index is 636. The Balaban J connectivity index is 2.41. The molecule has 0 spiro atoms. The lowest BCUT2D eigenvalue weighted by molar-refractivity contribution is -0.164. The van der Waals surface area contributed by atoms with E-state index in [1.165, 1.54) is 18.2 Å². The van der Waals surface area contributed by atoms with Crippen LogP contribution >= 0.6 is 0 Å². The molecule has 1 aliphatic heterocycles. The second-order valence-corrected chi connectivity index (χ2v) is 5.31. The Morgan fingerprint density at radius 3 is 2.52 bits per heavy atom. The van der Waals surface area contributed by atoms with Gasteiger partial charge >= 0.3 is 0 Å². The smallest absolute Gasteiger partial charge is 0.287 e. The summed E-state index contributed by atoms with van der Waals surface area (Å²) in [5.41, 5.74) is -3.47. The zero-order chi connectivity index (χ0) is 17.4. The topological polar surface area (TPSA) is 56.1 Å². The third-order valence-corrected chi connectivity index (χ3v) is 3.44. The molecule has 1 N–H and O–H groups in total. The number of carbonyl (C=O) groups excluding carboxylic acids is 1. The van der Waals surface area contributed by atoms with E-state index in [1.54, 1.807) is 25.1 Å². The van der Waals surface area contributed by atoms with E-state index >= 15 is 0 Å². The van der Waals surface area contributed by atoms with Gasteiger partial charge in [-0.05, 0) is 18.2 Å². The molecule has 1 unspecified atom stereocenters. The van der Waals surface area contributed by atoms with Crippen molar-refractivity contribution in [2.24, 2.45) is 5.10 Å². The van der Waals surface area contributed by atoms with Crippen LogP contribution in [0.15, 0.2) is 29.4 Å². The van der Waals surface area contributed by atoms with Crippen molar-refractivity contribution in [3.05, 3.63) is 29.8 Å². The maximum atomic E-state index is 13.1. The molecule has 0 saturated carbocycles. The number of amides is 1. The van der Waals surface area contributed by atoms with E-state index in [-0.39, 0.29) is 10.6 Å². The highest BCUT2D eigenvalue weighted by Crippen LogP contribution is 2.34. The first-order valence-electron chi connectivity index (χ1n) is 6.65. The summed E-state index contributed by atoms with van der Waals surface area (Å²) in [4.78, 5) is 14.0. The molecule has 0 aromatic heterocycles. The summed E-state index contributed by atoms with van der Waals surface area (Å²) >= 11 is 0. The SMILES string of the molecule is CN(C)c1cccc(C(=O)N2N=C(C(F)F)CC2(O)C(F)F)c1. The molecule has 1 aromatic carbocycles. The number of alkyl halides is 4. The van der Waals surface area contributed by atoms with Crippen LogP contribution in [0, 0.1) is 0 Å². The minimum Gasteiger partial charge on any atom is -0.378 e. The second-order valence-electron chi connectivity index (χ2n) is 5.31. The summed E-state index contributed by atoms with van der Waals surface area (Å²) in [7, 11) is 3.42. The largest absolute Gasteiger partial charge is 0.378 e. The molecule has 9 heteroatoms. The standard InChI is InChI=1S/C14H15F4N3O2/c1-20(2)9-5-3-4-8(6-9)12(22)21-14(23,13(17)18)7-10(19-21)11(15)16/h3-6,11,13,23H,7H2,1-2H3. The second kappa shape index (κ2) is 6.15. The molecule has 1 atom stereocenters. The molecular weight excluding hydrogens is 318 g/mol. The third-order valence-electron chi connectivity index (χ3n) is 3.44. The molecule has 0 aliphatic carbocycles. The van der Waals surface area contributed by atoms with E-state index in [9.17, 15) is 27.5 Å². The molecule has 0 bridgehead atoms. The van der Waals surface area contributed by atoms with Gasteiger partial charge in [0.2, 0.25) is 5.72 Å². The highest BCUT2D eigenvalue weighted by Gasteiger charge is 2.53. The monoisotopic (exact) mass is 333 g/mol. The van der Waals surface area contributed by atoms with Gasteiger partial charge in [-0.15, -0.1) is 0 Å². The van der Waals surface area contributed by atoms with Crippen molar-refractivity contribution in [1.82, 2.24) is 5.01 Å². The number of benzene rings is 1. The average molecular weight is 333 g/mol. The molecule has 126 valence electrons. The molecular formula is C14H15F4N3O2. The summed E-state index contributed by atoms with van der Waals surface area (Å²) in [6.07, 6.45) is -7.67. The number of nitrogens with zero attached hydrogens (tertiary/aromatic N) is 3. The third kappa shape index (κ3) is 3.14. The minimum absolute atomic E-state index is 0.0467. The van der Waals surface area contributed by atoms with Gasteiger partial charge in [0.15, 0.2) is 0 Å². The van der Waals surface area contributed by atoms with Crippen LogP contribution in [0.4, 0.5) is 23.2 Å². The van der Waals surface area contributed by atoms with Crippen LogP contribution in [0.2, 0.25) is 0 Å². The number of anilines is 1. The summed E-state index contributed by atoms with van der Waals surface area (Å²) in [5.74, 6) is -1.08. The highest BCUT2D eigenvalue weighted by atomic mass is 19.3. The van der Waals surface area contributed by atoms with Crippen LogP contribution in [-0.2, 0) is 0 Å². The van der Waals surface area contributed by atoms with Gasteiger partial charge in [-0.1, -0.05) is 6.07 Å². The van der Waals surface area contributed by atoms with Crippen LogP contribution in [0.25, 0.3) is 0 Å². The molecule has 23 heavy (non-hydrogen) atoms. The van der Waals surface area contributed by atoms with Crippen LogP contribution < -0.4 is 4.90 Å². The van der Waals surface area contributed by atoms with Crippen molar-refractivity contribution in [3.63, 3.8) is 0 Å². The molecule has 2 rings (SSSR count). The number of hydrogen-bond donors (Lipinski definition) is 1. The summed E-state index contributed by atoms with van der Waals surface area (Å²) in [6.45, 7) is 0. The van der Waals surface area contributed by atoms with Gasteiger partial charge < -0.3 is 10.0 Å². The molecule has 0 saturated heterocycles. The normalized spacial score (nSPS) is 21.1. The van der Waals surface area contributed by atoms with Gasteiger partial charge in [-0.2, -0.15) is 10.1 Å². The molecule has 1 heterocycles. The molecule has 0 fully saturated rings. The first kappa shape index (κ1) is 17.2. The fourth-order valence-electron chi connectivity index (χ4n) is 2.14. The number of rotatable bonds is 4. The summed E-state index contributed by atoms with van der Waals surface area (Å²) in [6, 6.07) is 5.91. The fraction of sp³-hybridized carbons (Fsp3) is 0.429. The molecule has 5 nitrogen and oxygen atoms in total. The predicted molar refractivity (Wildman–Crippen MR) is 75.9 cm³/mol. The maximum absolute atomic E-state index is 13.1. The van der Waals surface area contributed by atoms with Crippen LogP contribution in [0.3, 0.4) is 0 Å². The molecule has 1 aliphatic rings. The Labute approximate surface area is 129 Å². The fourth-order valence-corrected chi connectivity index (χ4v) is 2.14. The van der Waals surface area contributed by atoms with Gasteiger partial charge in [0, 0.05) is 31.8 Å². The van der Waals surface area contributed by atoms with Crippen molar-refractivity contribution in [2.75, 3.05) is 19.0 Å². The average Bonchev–Trinajstić information content (AvgIpc) is 2.86. The van der Waals surface area contributed by atoms with Gasteiger partial charge in [-0.25, -0.2) is 17.6 Å². The first-order chi connectivity index (χ1) is 10.7. The molecule has 1 aromatic rings. The quantitative estimate of drug-likeness (QED) is 0.859. The van der Waals surface area contributed by atoms with Crippen LogP contribution in [-0.4, -0.2) is 54.4 Å². The van der Waals surface area contributed by atoms with E-state index < -0.39 is 36.6 Å². The van der Waals surface area contributed by atoms with Gasteiger partial charge in [0.25, 0.3) is 18.8 Å². The van der Waals surface area contributed by atoms with Gasteiger partial charge in [0.1, 0.15) is 5.71 Å². The lowest BCUT2D eigenvalue weighted by Crippen LogP contribution is -2.51. The summed E-state index contributed by atoms with van der Waals surface area (Å²) in [5, 5.41) is 13.2. The number of carbonyl (C=O) groups is 1. The van der Waals surface area contributed by atoms with E-state index in [0.29, 0.717) is 5.69 Å². The van der Waals surface area contributed by atoms with Gasteiger partial charge in [-0.3, -0.25) is 4.79 Å². The number of aliphatic hydroxyl groups is 1. The van der Waals surface area contributed by atoms with E-state index in [1.807, 2.05) is 0 Å². The zero-order valence-electron chi connectivity index (χ0n) is 12.4. The first-order valence-corrected chi connectivity index (χ1v) is 6.65. The Hall–Kier alpha value is -2.16. The van der Waals surface area contributed by atoms with Crippen molar-refractivity contribution in [3.8, 4) is 0 Å². The van der Waals surface area contributed by atoms with Crippen LogP contribution in [0.5, 0.6) is 0 Å². The highest BCUT2D eigenvalue weighted by molar-refractivity contribution is 5.99. The Kier molecular flexibility index (Phi) is 4.60. The van der Waals surface area contributed by atoms with Crippen molar-refractivity contribution in [2.45, 2.75) is 25.0 Å². The van der Waals surface area contributed by atoms with Crippen molar-refractivity contribution < 1.29 is 27.5 Å².